The normalized spacial score (nSPS) is 11.2. The lowest BCUT2D eigenvalue weighted by atomic mass is 10.2. The van der Waals surface area contributed by atoms with E-state index < -0.39 is 7.32 Å². The summed E-state index contributed by atoms with van der Waals surface area (Å²) in [6.07, 6.45) is 0.00418. The first-order valence-electron chi connectivity index (χ1n) is 8.04. The van der Waals surface area contributed by atoms with E-state index in [-0.39, 0.29) is 12.2 Å². The standard InChI is InChI=1S/C18H21BBrClO3S/c1-12(2)22-19(23-13(3)4)24-18-10-9-16(11-17(18)20)25-15-7-5-14(21)6-8-15/h5-13H,1-4H3. The Kier molecular flexibility index (Phi) is 8.16. The van der Waals surface area contributed by atoms with Gasteiger partial charge >= 0.3 is 7.32 Å². The fourth-order valence-corrected chi connectivity index (χ4v) is 3.52. The molecule has 0 unspecified atom stereocenters. The summed E-state index contributed by atoms with van der Waals surface area (Å²) in [5.41, 5.74) is 0. The molecule has 0 aliphatic carbocycles. The number of hydrogen-bond acceptors (Lipinski definition) is 4. The molecule has 7 heteroatoms. The molecular weight excluding hydrogens is 422 g/mol. The summed E-state index contributed by atoms with van der Waals surface area (Å²) in [5.74, 6) is 0.673. The van der Waals surface area contributed by atoms with Crippen molar-refractivity contribution in [1.82, 2.24) is 0 Å². The zero-order valence-corrected chi connectivity index (χ0v) is 17.8. The van der Waals surface area contributed by atoms with Crippen molar-refractivity contribution in [2.24, 2.45) is 0 Å². The monoisotopic (exact) mass is 442 g/mol. The molecule has 0 fully saturated rings. The van der Waals surface area contributed by atoms with Gasteiger partial charge in [-0.25, -0.2) is 0 Å². The molecule has 0 heterocycles. The second-order valence-corrected chi connectivity index (χ2v) is 8.36. The van der Waals surface area contributed by atoms with Crippen molar-refractivity contribution in [1.29, 1.82) is 0 Å². The van der Waals surface area contributed by atoms with Crippen molar-refractivity contribution in [3.8, 4) is 5.75 Å². The van der Waals surface area contributed by atoms with E-state index in [1.54, 1.807) is 11.8 Å². The van der Waals surface area contributed by atoms with Gasteiger partial charge in [-0.15, -0.1) is 0 Å². The lowest BCUT2D eigenvalue weighted by Gasteiger charge is -2.20. The van der Waals surface area contributed by atoms with Crippen LogP contribution in [-0.2, 0) is 9.31 Å². The Balaban J connectivity index is 2.07. The van der Waals surface area contributed by atoms with Crippen LogP contribution in [0.3, 0.4) is 0 Å². The van der Waals surface area contributed by atoms with Crippen LogP contribution in [0.5, 0.6) is 5.75 Å². The highest BCUT2D eigenvalue weighted by molar-refractivity contribution is 9.10. The highest BCUT2D eigenvalue weighted by Crippen LogP contribution is 2.34. The average Bonchev–Trinajstić information content (AvgIpc) is 2.51. The van der Waals surface area contributed by atoms with Gasteiger partial charge in [-0.2, -0.15) is 0 Å². The zero-order valence-electron chi connectivity index (χ0n) is 14.7. The topological polar surface area (TPSA) is 27.7 Å². The van der Waals surface area contributed by atoms with E-state index in [0.717, 1.165) is 19.3 Å². The maximum Gasteiger partial charge on any atom is 0.713 e. The Morgan fingerprint density at radius 2 is 1.48 bits per heavy atom. The molecule has 0 bridgehead atoms. The minimum Gasteiger partial charge on any atom is -0.511 e. The summed E-state index contributed by atoms with van der Waals surface area (Å²) < 4.78 is 18.1. The second kappa shape index (κ2) is 9.88. The predicted molar refractivity (Wildman–Crippen MR) is 109 cm³/mol. The fourth-order valence-electron chi connectivity index (χ4n) is 1.92. The molecule has 0 spiro atoms. The summed E-state index contributed by atoms with van der Waals surface area (Å²) in [6, 6.07) is 13.7. The molecule has 0 atom stereocenters. The van der Waals surface area contributed by atoms with E-state index >= 15 is 0 Å². The average molecular weight is 444 g/mol. The van der Waals surface area contributed by atoms with Gasteiger partial charge in [-0.05, 0) is 86.1 Å². The SMILES string of the molecule is CC(C)OB(Oc1ccc(Sc2ccc(Cl)cc2)cc1Br)OC(C)C. The Hall–Kier alpha value is -0.655. The Morgan fingerprint density at radius 1 is 0.920 bits per heavy atom. The van der Waals surface area contributed by atoms with Crippen LogP contribution in [-0.4, -0.2) is 19.5 Å². The first-order valence-corrected chi connectivity index (χ1v) is 10.0. The van der Waals surface area contributed by atoms with E-state index in [4.69, 9.17) is 25.6 Å². The molecule has 0 aromatic heterocycles. The van der Waals surface area contributed by atoms with Crippen molar-refractivity contribution < 1.29 is 14.0 Å². The van der Waals surface area contributed by atoms with Crippen molar-refractivity contribution in [2.45, 2.75) is 49.7 Å². The first kappa shape index (κ1) is 20.7. The van der Waals surface area contributed by atoms with Crippen molar-refractivity contribution in [2.75, 3.05) is 0 Å². The molecule has 2 aromatic rings. The maximum absolute atomic E-state index is 5.92. The molecule has 2 rings (SSSR count). The third-order valence-corrected chi connectivity index (χ3v) is 4.81. The molecule has 0 aliphatic rings. The zero-order chi connectivity index (χ0) is 18.4. The molecule has 2 aromatic carbocycles. The van der Waals surface area contributed by atoms with E-state index in [1.807, 2.05) is 70.2 Å². The van der Waals surface area contributed by atoms with Crippen LogP contribution in [0.4, 0.5) is 0 Å². The number of benzene rings is 2. The van der Waals surface area contributed by atoms with Crippen LogP contribution >= 0.6 is 39.3 Å². The lowest BCUT2D eigenvalue weighted by Crippen LogP contribution is -2.35. The molecule has 3 nitrogen and oxygen atoms in total. The van der Waals surface area contributed by atoms with Crippen LogP contribution in [0.1, 0.15) is 27.7 Å². The number of hydrogen-bond donors (Lipinski definition) is 0. The predicted octanol–water partition coefficient (Wildman–Crippen LogP) is 6.47. The number of halogens is 2. The van der Waals surface area contributed by atoms with Crippen molar-refractivity contribution in [3.05, 3.63) is 52.0 Å². The lowest BCUT2D eigenvalue weighted by molar-refractivity contribution is 0.0847. The summed E-state index contributed by atoms with van der Waals surface area (Å²) in [5, 5.41) is 0.732. The summed E-state index contributed by atoms with van der Waals surface area (Å²) in [7, 11) is -0.744. The Labute approximate surface area is 167 Å². The third kappa shape index (κ3) is 7.23. The van der Waals surface area contributed by atoms with E-state index in [2.05, 4.69) is 15.9 Å². The van der Waals surface area contributed by atoms with Crippen LogP contribution in [0.25, 0.3) is 0 Å². The van der Waals surface area contributed by atoms with E-state index in [0.29, 0.717) is 5.75 Å². The van der Waals surface area contributed by atoms with E-state index in [1.165, 1.54) is 0 Å². The smallest absolute Gasteiger partial charge is 0.511 e. The molecule has 0 N–H and O–H groups in total. The minimum absolute atomic E-state index is 0.00209. The van der Waals surface area contributed by atoms with Gasteiger partial charge in [0.15, 0.2) is 0 Å². The Bertz CT molecular complexity index is 673. The molecule has 25 heavy (non-hydrogen) atoms. The summed E-state index contributed by atoms with van der Waals surface area (Å²) in [4.78, 5) is 2.21. The second-order valence-electron chi connectivity index (χ2n) is 5.92. The van der Waals surface area contributed by atoms with Crippen molar-refractivity contribution in [3.63, 3.8) is 0 Å². The quantitative estimate of drug-likeness (QED) is 0.437. The van der Waals surface area contributed by atoms with Gasteiger partial charge in [-0.3, -0.25) is 0 Å². The first-order chi connectivity index (χ1) is 11.8. The molecule has 0 saturated heterocycles. The van der Waals surface area contributed by atoms with Gasteiger partial charge in [0.2, 0.25) is 0 Å². The van der Waals surface area contributed by atoms with Gasteiger partial charge in [0.05, 0.1) is 4.47 Å². The minimum atomic E-state index is -0.744. The van der Waals surface area contributed by atoms with E-state index in [9.17, 15) is 0 Å². The number of rotatable bonds is 8. The van der Waals surface area contributed by atoms with Gasteiger partial charge in [0.1, 0.15) is 5.75 Å². The largest absolute Gasteiger partial charge is 0.713 e. The molecule has 0 saturated carbocycles. The van der Waals surface area contributed by atoms with Gasteiger partial charge < -0.3 is 14.0 Å². The molecule has 0 aliphatic heterocycles. The molecular formula is C18H21BBrClO3S. The molecule has 0 amide bonds. The van der Waals surface area contributed by atoms with Crippen molar-refractivity contribution >= 4 is 46.6 Å². The fraction of sp³-hybridized carbons (Fsp3) is 0.333. The molecule has 0 radical (unpaired) electrons. The van der Waals surface area contributed by atoms with Crippen LogP contribution in [0.15, 0.2) is 56.7 Å². The third-order valence-electron chi connectivity index (χ3n) is 2.94. The van der Waals surface area contributed by atoms with Gasteiger partial charge in [-0.1, -0.05) is 23.4 Å². The molecule has 134 valence electrons. The van der Waals surface area contributed by atoms with Gasteiger partial charge in [0.25, 0.3) is 0 Å². The summed E-state index contributed by atoms with van der Waals surface area (Å²) >= 11 is 11.1. The summed E-state index contributed by atoms with van der Waals surface area (Å²) in [6.45, 7) is 7.78. The van der Waals surface area contributed by atoms with Crippen LogP contribution in [0.2, 0.25) is 5.02 Å². The highest BCUT2D eigenvalue weighted by Gasteiger charge is 2.27. The van der Waals surface area contributed by atoms with Crippen LogP contribution < -0.4 is 4.65 Å². The highest BCUT2D eigenvalue weighted by atomic mass is 79.9. The van der Waals surface area contributed by atoms with Gasteiger partial charge in [0, 0.05) is 27.0 Å². The maximum atomic E-state index is 5.92. The Morgan fingerprint density at radius 3 is 2.00 bits per heavy atom. The van der Waals surface area contributed by atoms with Crippen LogP contribution in [0, 0.1) is 0 Å².